The Bertz CT molecular complexity index is 400. The molecular weight excluding hydrogens is 254 g/mol. The van der Waals surface area contributed by atoms with E-state index in [1.165, 1.54) is 0 Å². The third-order valence-corrected chi connectivity index (χ3v) is 4.05. The van der Waals surface area contributed by atoms with Crippen molar-refractivity contribution in [1.82, 2.24) is 15.5 Å². The van der Waals surface area contributed by atoms with Crippen molar-refractivity contribution in [2.75, 3.05) is 19.8 Å². The van der Waals surface area contributed by atoms with E-state index in [1.807, 2.05) is 0 Å². The quantitative estimate of drug-likeness (QED) is 0.868. The second-order valence-corrected chi connectivity index (χ2v) is 6.02. The predicted molar refractivity (Wildman–Crippen MR) is 77.8 cm³/mol. The van der Waals surface area contributed by atoms with Gasteiger partial charge in [0, 0.05) is 18.6 Å². The van der Waals surface area contributed by atoms with Crippen molar-refractivity contribution in [3.8, 4) is 0 Å². The van der Waals surface area contributed by atoms with Gasteiger partial charge in [-0.05, 0) is 32.2 Å². The Morgan fingerprint density at radius 2 is 2.15 bits per heavy atom. The van der Waals surface area contributed by atoms with E-state index in [9.17, 15) is 0 Å². The Balaban J connectivity index is 2.11. The number of rotatable bonds is 6. The van der Waals surface area contributed by atoms with Gasteiger partial charge >= 0.3 is 0 Å². The number of nitrogens with one attached hydrogen (secondary N) is 1. The fourth-order valence-corrected chi connectivity index (χ4v) is 3.02. The molecule has 0 aliphatic carbocycles. The third-order valence-electron chi connectivity index (χ3n) is 4.05. The average molecular weight is 281 g/mol. The molecule has 0 saturated carbocycles. The van der Waals surface area contributed by atoms with Crippen LogP contribution in [0.3, 0.4) is 0 Å². The summed E-state index contributed by atoms with van der Waals surface area (Å²) in [5.74, 6) is 2.58. The van der Waals surface area contributed by atoms with Crippen LogP contribution in [0.15, 0.2) is 4.52 Å². The average Bonchev–Trinajstić information content (AvgIpc) is 2.89. The van der Waals surface area contributed by atoms with E-state index in [0.29, 0.717) is 24.5 Å². The molecule has 0 bridgehead atoms. The van der Waals surface area contributed by atoms with Crippen LogP contribution in [0.25, 0.3) is 0 Å². The summed E-state index contributed by atoms with van der Waals surface area (Å²) in [5, 5.41) is 7.65. The van der Waals surface area contributed by atoms with Crippen molar-refractivity contribution < 1.29 is 9.26 Å². The molecule has 5 nitrogen and oxygen atoms in total. The minimum atomic E-state index is 0.251. The first-order valence-electron chi connectivity index (χ1n) is 7.78. The number of nitrogens with zero attached hydrogens (tertiary/aromatic N) is 2. The highest BCUT2D eigenvalue weighted by Crippen LogP contribution is 2.29. The Hall–Kier alpha value is -0.940. The van der Waals surface area contributed by atoms with Crippen molar-refractivity contribution in [3.63, 3.8) is 0 Å². The van der Waals surface area contributed by atoms with Crippen molar-refractivity contribution in [2.45, 2.75) is 58.4 Å². The van der Waals surface area contributed by atoms with Crippen LogP contribution in [-0.4, -0.2) is 35.9 Å². The molecule has 1 aliphatic rings. The molecule has 0 spiro atoms. The molecule has 0 radical (unpaired) electrons. The van der Waals surface area contributed by atoms with Gasteiger partial charge in [0.2, 0.25) is 5.89 Å². The van der Waals surface area contributed by atoms with Crippen molar-refractivity contribution in [2.24, 2.45) is 5.92 Å². The first-order valence-corrected chi connectivity index (χ1v) is 7.78. The highest BCUT2D eigenvalue weighted by molar-refractivity contribution is 5.03. The first-order chi connectivity index (χ1) is 9.63. The van der Waals surface area contributed by atoms with Crippen LogP contribution >= 0.6 is 0 Å². The summed E-state index contributed by atoms with van der Waals surface area (Å²) in [6, 6.07) is 0.330. The summed E-state index contributed by atoms with van der Waals surface area (Å²) in [6.07, 6.45) is 2.17. The zero-order valence-corrected chi connectivity index (χ0v) is 13.1. The van der Waals surface area contributed by atoms with Crippen LogP contribution in [0.1, 0.15) is 64.1 Å². The van der Waals surface area contributed by atoms with E-state index in [1.54, 1.807) is 0 Å². The zero-order valence-electron chi connectivity index (χ0n) is 13.1. The fraction of sp³-hybridized carbons (Fsp3) is 0.867. The first kappa shape index (κ1) is 15.4. The second-order valence-electron chi connectivity index (χ2n) is 6.02. The molecule has 0 aromatic carbocycles. The minimum absolute atomic E-state index is 0.251. The fourth-order valence-electron chi connectivity index (χ4n) is 3.02. The standard InChI is InChI=1S/C15H27N3O2/c1-5-16-11(4)13(10(2)3)15-17-14(18-20-15)12-7-6-8-19-9-12/h10-13,16H,5-9H2,1-4H3. The minimum Gasteiger partial charge on any atom is -0.381 e. The monoisotopic (exact) mass is 281 g/mol. The largest absolute Gasteiger partial charge is 0.381 e. The van der Waals surface area contributed by atoms with E-state index in [0.717, 1.165) is 37.7 Å². The van der Waals surface area contributed by atoms with Crippen LogP contribution in [0.5, 0.6) is 0 Å². The van der Waals surface area contributed by atoms with Crippen LogP contribution in [0.2, 0.25) is 0 Å². The van der Waals surface area contributed by atoms with Gasteiger partial charge in [0.15, 0.2) is 5.82 Å². The summed E-state index contributed by atoms with van der Waals surface area (Å²) < 4.78 is 11.1. The van der Waals surface area contributed by atoms with Crippen molar-refractivity contribution >= 4 is 0 Å². The highest BCUT2D eigenvalue weighted by Gasteiger charge is 2.29. The van der Waals surface area contributed by atoms with E-state index >= 15 is 0 Å². The van der Waals surface area contributed by atoms with Crippen LogP contribution < -0.4 is 5.32 Å². The van der Waals surface area contributed by atoms with Gasteiger partial charge in [0.05, 0.1) is 12.5 Å². The molecule has 1 fully saturated rings. The van der Waals surface area contributed by atoms with Gasteiger partial charge < -0.3 is 14.6 Å². The maximum absolute atomic E-state index is 5.55. The van der Waals surface area contributed by atoms with Gasteiger partial charge in [0.25, 0.3) is 0 Å². The maximum atomic E-state index is 5.55. The number of hydrogen-bond donors (Lipinski definition) is 1. The number of ether oxygens (including phenoxy) is 1. The van der Waals surface area contributed by atoms with Crippen LogP contribution in [-0.2, 0) is 4.74 Å². The molecule has 3 unspecified atom stereocenters. The Kier molecular flexibility index (Phi) is 5.54. The lowest BCUT2D eigenvalue weighted by Crippen LogP contribution is -2.34. The molecule has 1 aromatic heterocycles. The molecule has 1 saturated heterocycles. The molecule has 0 amide bonds. The Labute approximate surface area is 121 Å². The smallest absolute Gasteiger partial charge is 0.231 e. The normalized spacial score (nSPS) is 22.9. The summed E-state index contributed by atoms with van der Waals surface area (Å²) in [5.41, 5.74) is 0. The molecule has 2 rings (SSSR count). The van der Waals surface area contributed by atoms with Gasteiger partial charge in [-0.2, -0.15) is 4.98 Å². The Morgan fingerprint density at radius 1 is 1.35 bits per heavy atom. The lowest BCUT2D eigenvalue weighted by atomic mass is 9.89. The highest BCUT2D eigenvalue weighted by atomic mass is 16.5. The topological polar surface area (TPSA) is 60.2 Å². The molecular formula is C15H27N3O2. The Morgan fingerprint density at radius 3 is 2.75 bits per heavy atom. The van der Waals surface area contributed by atoms with E-state index in [2.05, 4.69) is 43.2 Å². The molecule has 114 valence electrons. The second kappa shape index (κ2) is 7.18. The summed E-state index contributed by atoms with van der Waals surface area (Å²) in [6.45, 7) is 11.2. The zero-order chi connectivity index (χ0) is 14.5. The van der Waals surface area contributed by atoms with Gasteiger partial charge in [0.1, 0.15) is 0 Å². The van der Waals surface area contributed by atoms with E-state index < -0.39 is 0 Å². The van der Waals surface area contributed by atoms with Gasteiger partial charge in [-0.1, -0.05) is 25.9 Å². The van der Waals surface area contributed by atoms with E-state index in [-0.39, 0.29) is 5.92 Å². The van der Waals surface area contributed by atoms with Gasteiger partial charge in [-0.25, -0.2) is 0 Å². The predicted octanol–water partition coefficient (Wildman–Crippen LogP) is 2.70. The van der Waals surface area contributed by atoms with Gasteiger partial charge in [-0.3, -0.25) is 0 Å². The molecule has 20 heavy (non-hydrogen) atoms. The molecule has 1 aromatic rings. The van der Waals surface area contributed by atoms with Crippen molar-refractivity contribution in [1.29, 1.82) is 0 Å². The van der Waals surface area contributed by atoms with Gasteiger partial charge in [-0.15, -0.1) is 0 Å². The third kappa shape index (κ3) is 3.58. The SMILES string of the molecule is CCNC(C)C(c1nc(C2CCCOC2)no1)C(C)C. The molecule has 1 N–H and O–H groups in total. The lowest BCUT2D eigenvalue weighted by Gasteiger charge is -2.24. The summed E-state index contributed by atoms with van der Waals surface area (Å²) >= 11 is 0. The van der Waals surface area contributed by atoms with Crippen LogP contribution in [0.4, 0.5) is 0 Å². The van der Waals surface area contributed by atoms with Crippen LogP contribution in [0, 0.1) is 5.92 Å². The lowest BCUT2D eigenvalue weighted by molar-refractivity contribution is 0.0773. The summed E-state index contributed by atoms with van der Waals surface area (Å²) in [4.78, 5) is 4.66. The number of likely N-dealkylation sites (N-methyl/N-ethyl adjacent to an activating group) is 1. The molecule has 1 aliphatic heterocycles. The molecule has 2 heterocycles. The maximum Gasteiger partial charge on any atom is 0.231 e. The number of aromatic nitrogens is 2. The molecule has 3 atom stereocenters. The van der Waals surface area contributed by atoms with E-state index in [4.69, 9.17) is 9.26 Å². The van der Waals surface area contributed by atoms with Crippen molar-refractivity contribution in [3.05, 3.63) is 11.7 Å². The summed E-state index contributed by atoms with van der Waals surface area (Å²) in [7, 11) is 0. The number of hydrogen-bond acceptors (Lipinski definition) is 5. The molecule has 5 heteroatoms.